The normalized spacial score (nSPS) is 13.9. The van der Waals surface area contributed by atoms with E-state index in [-0.39, 0.29) is 5.69 Å². The molecule has 1 N–H and O–H groups in total. The van der Waals surface area contributed by atoms with Gasteiger partial charge in [-0.1, -0.05) is 18.2 Å². The van der Waals surface area contributed by atoms with E-state index in [4.69, 9.17) is 5.10 Å². The van der Waals surface area contributed by atoms with Crippen LogP contribution in [0.4, 0.5) is 14.6 Å². The highest BCUT2D eigenvalue weighted by molar-refractivity contribution is 14.1. The van der Waals surface area contributed by atoms with E-state index in [9.17, 15) is 8.78 Å². The highest BCUT2D eigenvalue weighted by Crippen LogP contribution is 2.36. The Balaban J connectivity index is 1.95. The summed E-state index contributed by atoms with van der Waals surface area (Å²) in [6.45, 7) is 0.812. The van der Waals surface area contributed by atoms with Gasteiger partial charge >= 0.3 is 0 Å². The molecule has 3 aromatic rings. The first-order valence-corrected chi connectivity index (χ1v) is 9.29. The van der Waals surface area contributed by atoms with E-state index in [0.29, 0.717) is 0 Å². The van der Waals surface area contributed by atoms with Crippen LogP contribution in [0.3, 0.4) is 0 Å². The number of hydrogen-bond donors (Lipinski definition) is 1. The van der Waals surface area contributed by atoms with Gasteiger partial charge in [0.2, 0.25) is 0 Å². The Morgan fingerprint density at radius 2 is 1.92 bits per heavy atom. The zero-order valence-corrected chi connectivity index (χ0v) is 15.6. The van der Waals surface area contributed by atoms with Gasteiger partial charge < -0.3 is 5.32 Å². The van der Waals surface area contributed by atoms with Gasteiger partial charge in [0.05, 0.1) is 5.69 Å². The summed E-state index contributed by atoms with van der Waals surface area (Å²) in [5, 5.41) is 8.09. The molecule has 0 saturated carbocycles. The molecule has 2 aromatic carbocycles. The Kier molecular flexibility index (Phi) is 4.45. The van der Waals surface area contributed by atoms with Gasteiger partial charge in [-0.05, 0) is 60.1 Å². The summed E-state index contributed by atoms with van der Waals surface area (Å²) in [4.78, 5) is 0. The Morgan fingerprint density at radius 1 is 1.08 bits per heavy atom. The van der Waals surface area contributed by atoms with Crippen molar-refractivity contribution in [2.45, 2.75) is 19.3 Å². The predicted molar refractivity (Wildman–Crippen MR) is 103 cm³/mol. The van der Waals surface area contributed by atoms with Gasteiger partial charge in [0.25, 0.3) is 0 Å². The second-order valence-corrected chi connectivity index (χ2v) is 7.21. The highest BCUT2D eigenvalue weighted by Gasteiger charge is 2.24. The van der Waals surface area contributed by atoms with Crippen LogP contribution in [0.5, 0.6) is 0 Å². The topological polar surface area (TPSA) is 29.9 Å². The SMILES string of the molecule is Fc1ccc(-n2nc(-c3ccccc3I)c3c2NCCCC3)c(F)c1. The van der Waals surface area contributed by atoms with Gasteiger partial charge in [-0.3, -0.25) is 0 Å². The molecule has 0 bridgehead atoms. The highest BCUT2D eigenvalue weighted by atomic mass is 127. The molecule has 0 unspecified atom stereocenters. The number of hydrogen-bond acceptors (Lipinski definition) is 2. The third-order valence-electron chi connectivity index (χ3n) is 4.40. The fraction of sp³-hybridized carbons (Fsp3) is 0.211. The first kappa shape index (κ1) is 16.5. The van der Waals surface area contributed by atoms with Crippen molar-refractivity contribution in [1.82, 2.24) is 9.78 Å². The van der Waals surface area contributed by atoms with Gasteiger partial charge in [-0.15, -0.1) is 0 Å². The van der Waals surface area contributed by atoms with E-state index < -0.39 is 11.6 Å². The lowest BCUT2D eigenvalue weighted by molar-refractivity contribution is 0.574. The molecule has 0 spiro atoms. The molecule has 1 aromatic heterocycles. The second-order valence-electron chi connectivity index (χ2n) is 6.05. The zero-order valence-electron chi connectivity index (χ0n) is 13.4. The molecule has 1 aliphatic rings. The first-order valence-electron chi connectivity index (χ1n) is 8.21. The van der Waals surface area contributed by atoms with Crippen molar-refractivity contribution in [3.8, 4) is 16.9 Å². The number of fused-ring (bicyclic) bond motifs is 1. The van der Waals surface area contributed by atoms with E-state index in [2.05, 4.69) is 27.9 Å². The van der Waals surface area contributed by atoms with Crippen molar-refractivity contribution < 1.29 is 8.78 Å². The Labute approximate surface area is 158 Å². The van der Waals surface area contributed by atoms with Crippen LogP contribution in [0, 0.1) is 15.2 Å². The van der Waals surface area contributed by atoms with E-state index in [1.807, 2.05) is 24.3 Å². The molecule has 0 amide bonds. The van der Waals surface area contributed by atoms with Gasteiger partial charge in [0.15, 0.2) is 5.82 Å². The number of aromatic nitrogens is 2. The van der Waals surface area contributed by atoms with Crippen LogP contribution in [0.25, 0.3) is 16.9 Å². The van der Waals surface area contributed by atoms with E-state index in [1.165, 1.54) is 12.1 Å². The van der Waals surface area contributed by atoms with Crippen molar-refractivity contribution in [2.24, 2.45) is 0 Å². The largest absolute Gasteiger partial charge is 0.370 e. The fourth-order valence-electron chi connectivity index (χ4n) is 3.20. The third kappa shape index (κ3) is 3.03. The molecule has 0 aliphatic carbocycles. The molecular formula is C19H16F2IN3. The lowest BCUT2D eigenvalue weighted by Gasteiger charge is -2.10. The third-order valence-corrected chi connectivity index (χ3v) is 5.34. The number of anilines is 1. The van der Waals surface area contributed by atoms with Crippen molar-refractivity contribution in [2.75, 3.05) is 11.9 Å². The average Bonchev–Trinajstić information content (AvgIpc) is 2.78. The predicted octanol–water partition coefficient (Wildman–Crippen LogP) is 5.17. The number of benzene rings is 2. The van der Waals surface area contributed by atoms with Crippen molar-refractivity contribution in [3.63, 3.8) is 0 Å². The molecule has 2 heterocycles. The molecule has 3 nitrogen and oxygen atoms in total. The molecule has 25 heavy (non-hydrogen) atoms. The Morgan fingerprint density at radius 3 is 2.72 bits per heavy atom. The van der Waals surface area contributed by atoms with Crippen LogP contribution in [0.2, 0.25) is 0 Å². The number of halogens is 3. The summed E-state index contributed by atoms with van der Waals surface area (Å²) in [5.41, 5.74) is 3.23. The smallest absolute Gasteiger partial charge is 0.151 e. The van der Waals surface area contributed by atoms with Gasteiger partial charge in [0.1, 0.15) is 17.3 Å². The van der Waals surface area contributed by atoms with Gasteiger partial charge in [0, 0.05) is 27.3 Å². The van der Waals surface area contributed by atoms with Crippen LogP contribution < -0.4 is 5.32 Å². The maximum absolute atomic E-state index is 14.4. The lowest BCUT2D eigenvalue weighted by atomic mass is 10.0. The molecule has 0 radical (unpaired) electrons. The van der Waals surface area contributed by atoms with Crippen LogP contribution in [0.15, 0.2) is 42.5 Å². The summed E-state index contributed by atoms with van der Waals surface area (Å²) >= 11 is 2.29. The minimum Gasteiger partial charge on any atom is -0.370 e. The summed E-state index contributed by atoms with van der Waals surface area (Å²) in [5.74, 6) is -0.409. The monoisotopic (exact) mass is 451 g/mol. The van der Waals surface area contributed by atoms with E-state index in [1.54, 1.807) is 4.68 Å². The average molecular weight is 451 g/mol. The fourth-order valence-corrected chi connectivity index (χ4v) is 3.84. The number of rotatable bonds is 2. The Bertz CT molecular complexity index is 936. The molecule has 0 fully saturated rings. The van der Waals surface area contributed by atoms with Crippen LogP contribution in [-0.2, 0) is 6.42 Å². The molecule has 128 valence electrons. The molecule has 6 heteroatoms. The van der Waals surface area contributed by atoms with Crippen molar-refractivity contribution in [1.29, 1.82) is 0 Å². The quantitative estimate of drug-likeness (QED) is 0.545. The minimum absolute atomic E-state index is 0.254. The zero-order chi connectivity index (χ0) is 17.4. The number of nitrogens with zero attached hydrogens (tertiary/aromatic N) is 2. The first-order chi connectivity index (χ1) is 12.1. The van der Waals surface area contributed by atoms with Gasteiger partial charge in [-0.25, -0.2) is 13.5 Å². The van der Waals surface area contributed by atoms with E-state index in [0.717, 1.165) is 58.1 Å². The lowest BCUT2D eigenvalue weighted by Crippen LogP contribution is -2.08. The van der Waals surface area contributed by atoms with Gasteiger partial charge in [-0.2, -0.15) is 5.10 Å². The summed E-state index contributed by atoms with van der Waals surface area (Å²) in [6.07, 6.45) is 2.98. The Hall–Kier alpha value is -1.96. The summed E-state index contributed by atoms with van der Waals surface area (Å²) < 4.78 is 30.3. The maximum Gasteiger partial charge on any atom is 0.151 e. The van der Waals surface area contributed by atoms with Crippen LogP contribution >= 0.6 is 22.6 Å². The minimum atomic E-state index is -0.620. The molecule has 0 saturated heterocycles. The summed E-state index contributed by atoms with van der Waals surface area (Å²) in [6, 6.07) is 11.6. The summed E-state index contributed by atoms with van der Waals surface area (Å²) in [7, 11) is 0. The maximum atomic E-state index is 14.4. The molecule has 0 atom stereocenters. The van der Waals surface area contributed by atoms with Crippen LogP contribution in [0.1, 0.15) is 18.4 Å². The van der Waals surface area contributed by atoms with Crippen molar-refractivity contribution in [3.05, 3.63) is 63.2 Å². The molecular weight excluding hydrogens is 435 g/mol. The van der Waals surface area contributed by atoms with Crippen LogP contribution in [-0.4, -0.2) is 16.3 Å². The van der Waals surface area contributed by atoms with E-state index >= 15 is 0 Å². The van der Waals surface area contributed by atoms with Crippen molar-refractivity contribution >= 4 is 28.4 Å². The number of nitrogens with one attached hydrogen (secondary N) is 1. The standard InChI is InChI=1S/C19H16F2IN3/c20-12-8-9-17(15(21)11-12)25-19-14(6-3-4-10-23-19)18(24-25)13-5-1-2-7-16(13)22/h1-2,5,7-9,11,23H,3-4,6,10H2. The molecule has 4 rings (SSSR count). The second kappa shape index (κ2) is 6.74. The molecule has 1 aliphatic heterocycles.